The van der Waals surface area contributed by atoms with E-state index in [0.29, 0.717) is 18.1 Å². The number of hydrogen-bond acceptors (Lipinski definition) is 6. The van der Waals surface area contributed by atoms with Gasteiger partial charge in [-0.05, 0) is 12.8 Å². The van der Waals surface area contributed by atoms with E-state index in [2.05, 4.69) is 17.2 Å². The number of benzene rings is 1. The molecular weight excluding hydrogens is 424 g/mol. The highest BCUT2D eigenvalue weighted by molar-refractivity contribution is 7.91. The van der Waals surface area contributed by atoms with Gasteiger partial charge in [-0.15, -0.1) is 11.3 Å². The maximum atomic E-state index is 12.8. The SMILES string of the molecule is CCc1sc(NC(=O)[C@@H]2CCN2C(=O)N2CCS(=O)(=O)CC2)nc1-c1ccccc1. The molecule has 2 fully saturated rings. The van der Waals surface area contributed by atoms with E-state index in [1.807, 2.05) is 30.3 Å². The Hall–Kier alpha value is -2.46. The largest absolute Gasteiger partial charge is 0.323 e. The second kappa shape index (κ2) is 8.35. The third kappa shape index (κ3) is 4.20. The minimum absolute atomic E-state index is 0.0232. The number of hydrogen-bond donors (Lipinski definition) is 1. The lowest BCUT2D eigenvalue weighted by Crippen LogP contribution is -2.61. The Bertz CT molecular complexity index is 1040. The molecule has 0 bridgehead atoms. The molecule has 10 heteroatoms. The summed E-state index contributed by atoms with van der Waals surface area (Å²) in [6.45, 7) is 2.90. The summed E-state index contributed by atoms with van der Waals surface area (Å²) in [5, 5.41) is 3.40. The maximum absolute atomic E-state index is 12.8. The van der Waals surface area contributed by atoms with Crippen molar-refractivity contribution in [3.63, 3.8) is 0 Å². The normalized spacial score (nSPS) is 20.5. The van der Waals surface area contributed by atoms with Crippen molar-refractivity contribution >= 4 is 38.2 Å². The fourth-order valence-electron chi connectivity index (χ4n) is 3.63. The Balaban J connectivity index is 1.42. The number of urea groups is 1. The lowest BCUT2D eigenvalue weighted by Gasteiger charge is -2.43. The first-order valence-electron chi connectivity index (χ1n) is 10.00. The lowest BCUT2D eigenvalue weighted by molar-refractivity contribution is -0.123. The Morgan fingerprint density at radius 2 is 1.87 bits per heavy atom. The van der Waals surface area contributed by atoms with Crippen LogP contribution < -0.4 is 5.32 Å². The standard InChI is InChI=1S/C20H24N4O4S2/c1-2-16-17(14-6-4-3-5-7-14)21-19(29-16)22-18(25)15-8-9-24(15)20(26)23-10-12-30(27,28)13-11-23/h3-7,15H,2,8-13H2,1H3,(H,21,22,25)/t15-/m0/s1. The molecule has 0 aliphatic carbocycles. The topological polar surface area (TPSA) is 99.7 Å². The highest BCUT2D eigenvalue weighted by atomic mass is 32.2. The van der Waals surface area contributed by atoms with Gasteiger partial charge < -0.3 is 15.1 Å². The molecule has 0 spiro atoms. The quantitative estimate of drug-likeness (QED) is 0.773. The van der Waals surface area contributed by atoms with E-state index in [4.69, 9.17) is 0 Å². The predicted octanol–water partition coefficient (Wildman–Crippen LogP) is 2.24. The summed E-state index contributed by atoms with van der Waals surface area (Å²) in [6.07, 6.45) is 1.39. The van der Waals surface area contributed by atoms with Crippen LogP contribution in [0.15, 0.2) is 30.3 Å². The summed E-state index contributed by atoms with van der Waals surface area (Å²) >= 11 is 1.45. The smallest absolute Gasteiger partial charge is 0.320 e. The number of aryl methyl sites for hydroxylation is 1. The molecule has 0 unspecified atom stereocenters. The van der Waals surface area contributed by atoms with Crippen LogP contribution in [0.5, 0.6) is 0 Å². The molecule has 4 rings (SSSR count). The molecule has 8 nitrogen and oxygen atoms in total. The maximum Gasteiger partial charge on any atom is 0.320 e. The highest BCUT2D eigenvalue weighted by Crippen LogP contribution is 2.32. The zero-order valence-electron chi connectivity index (χ0n) is 16.7. The van der Waals surface area contributed by atoms with Crippen molar-refractivity contribution in [2.45, 2.75) is 25.8 Å². The number of anilines is 1. The van der Waals surface area contributed by atoms with Crippen molar-refractivity contribution in [3.8, 4) is 11.3 Å². The summed E-state index contributed by atoms with van der Waals surface area (Å²) in [7, 11) is -3.06. The van der Waals surface area contributed by atoms with Crippen LogP contribution in [-0.2, 0) is 21.1 Å². The second-order valence-corrected chi connectivity index (χ2v) is 10.8. The monoisotopic (exact) mass is 448 g/mol. The molecule has 1 aromatic heterocycles. The summed E-state index contributed by atoms with van der Waals surface area (Å²) < 4.78 is 23.2. The van der Waals surface area contributed by atoms with Crippen LogP contribution in [-0.4, -0.2) is 72.3 Å². The zero-order chi connectivity index (χ0) is 21.3. The Kier molecular flexibility index (Phi) is 5.79. The van der Waals surface area contributed by atoms with E-state index in [-0.39, 0.29) is 36.5 Å². The number of sulfone groups is 1. The van der Waals surface area contributed by atoms with Crippen molar-refractivity contribution < 1.29 is 18.0 Å². The van der Waals surface area contributed by atoms with E-state index in [0.717, 1.165) is 22.6 Å². The minimum atomic E-state index is -3.06. The molecule has 1 atom stereocenters. The number of rotatable bonds is 4. The molecule has 3 amide bonds. The number of nitrogens with one attached hydrogen (secondary N) is 1. The van der Waals surface area contributed by atoms with Gasteiger partial charge in [0.05, 0.1) is 17.2 Å². The molecule has 2 saturated heterocycles. The van der Waals surface area contributed by atoms with Gasteiger partial charge in [-0.1, -0.05) is 37.3 Å². The van der Waals surface area contributed by atoms with Crippen LogP contribution in [0.3, 0.4) is 0 Å². The van der Waals surface area contributed by atoms with E-state index in [1.54, 1.807) is 0 Å². The molecule has 1 aromatic carbocycles. The number of carbonyl (C=O) groups excluding carboxylic acids is 2. The Labute approximate surface area is 179 Å². The first kappa shape index (κ1) is 20.8. The first-order valence-corrected chi connectivity index (χ1v) is 12.6. The van der Waals surface area contributed by atoms with Gasteiger partial charge in [-0.2, -0.15) is 0 Å². The van der Waals surface area contributed by atoms with Crippen LogP contribution in [0.2, 0.25) is 0 Å². The van der Waals surface area contributed by atoms with Gasteiger partial charge in [-0.3, -0.25) is 4.79 Å². The van der Waals surface area contributed by atoms with Crippen molar-refractivity contribution in [1.29, 1.82) is 0 Å². The third-order valence-corrected chi connectivity index (χ3v) is 8.20. The Morgan fingerprint density at radius 3 is 2.47 bits per heavy atom. The average Bonchev–Trinajstić information content (AvgIpc) is 3.10. The van der Waals surface area contributed by atoms with Crippen molar-refractivity contribution in [2.75, 3.05) is 36.5 Å². The lowest BCUT2D eigenvalue weighted by atomic mass is 10.0. The van der Waals surface area contributed by atoms with Crippen molar-refractivity contribution in [2.24, 2.45) is 0 Å². The van der Waals surface area contributed by atoms with Gasteiger partial charge in [0.2, 0.25) is 5.91 Å². The van der Waals surface area contributed by atoms with E-state index in [1.165, 1.54) is 21.1 Å². The predicted molar refractivity (Wildman–Crippen MR) is 116 cm³/mol. The summed E-state index contributed by atoms with van der Waals surface area (Å²) in [4.78, 5) is 34.2. The minimum Gasteiger partial charge on any atom is -0.323 e. The van der Waals surface area contributed by atoms with Crippen LogP contribution in [0.1, 0.15) is 18.2 Å². The van der Waals surface area contributed by atoms with Crippen molar-refractivity contribution in [3.05, 3.63) is 35.2 Å². The molecule has 2 aliphatic rings. The molecule has 2 aromatic rings. The van der Waals surface area contributed by atoms with E-state index >= 15 is 0 Å². The van der Waals surface area contributed by atoms with Crippen LogP contribution >= 0.6 is 11.3 Å². The number of likely N-dealkylation sites (tertiary alicyclic amines) is 1. The highest BCUT2D eigenvalue weighted by Gasteiger charge is 2.41. The van der Waals surface area contributed by atoms with Gasteiger partial charge in [0, 0.05) is 30.1 Å². The number of aromatic nitrogens is 1. The molecular formula is C20H24N4O4S2. The summed E-state index contributed by atoms with van der Waals surface area (Å²) in [5.41, 5.74) is 1.88. The summed E-state index contributed by atoms with van der Waals surface area (Å²) in [6, 6.07) is 9.02. The molecule has 3 heterocycles. The number of carbonyl (C=O) groups is 2. The number of amides is 3. The molecule has 30 heavy (non-hydrogen) atoms. The third-order valence-electron chi connectivity index (χ3n) is 5.48. The second-order valence-electron chi connectivity index (χ2n) is 7.42. The number of nitrogens with zero attached hydrogens (tertiary/aromatic N) is 3. The molecule has 0 saturated carbocycles. The van der Waals surface area contributed by atoms with Crippen LogP contribution in [0, 0.1) is 0 Å². The fourth-order valence-corrected chi connectivity index (χ4v) is 5.76. The zero-order valence-corrected chi connectivity index (χ0v) is 18.3. The van der Waals surface area contributed by atoms with Gasteiger partial charge in [0.1, 0.15) is 6.04 Å². The Morgan fingerprint density at radius 1 is 1.17 bits per heavy atom. The summed E-state index contributed by atoms with van der Waals surface area (Å²) in [5.74, 6) is -0.301. The van der Waals surface area contributed by atoms with Gasteiger partial charge >= 0.3 is 6.03 Å². The van der Waals surface area contributed by atoms with Gasteiger partial charge in [0.15, 0.2) is 15.0 Å². The number of thiazole rings is 1. The van der Waals surface area contributed by atoms with E-state index < -0.39 is 15.9 Å². The fraction of sp³-hybridized carbons (Fsp3) is 0.450. The molecule has 1 N–H and O–H groups in total. The first-order chi connectivity index (χ1) is 14.4. The van der Waals surface area contributed by atoms with Crippen molar-refractivity contribution in [1.82, 2.24) is 14.8 Å². The average molecular weight is 449 g/mol. The van der Waals surface area contributed by atoms with Crippen LogP contribution in [0.25, 0.3) is 11.3 Å². The van der Waals surface area contributed by atoms with Gasteiger partial charge in [-0.25, -0.2) is 18.2 Å². The molecule has 160 valence electrons. The molecule has 2 aliphatic heterocycles. The molecule has 0 radical (unpaired) electrons. The van der Waals surface area contributed by atoms with Crippen LogP contribution in [0.4, 0.5) is 9.93 Å². The van der Waals surface area contributed by atoms with Gasteiger partial charge in [0.25, 0.3) is 0 Å². The van der Waals surface area contributed by atoms with E-state index in [9.17, 15) is 18.0 Å².